The first-order valence-electron chi connectivity index (χ1n) is 7.01. The average molecular weight is 278 g/mol. The van der Waals surface area contributed by atoms with Crippen LogP contribution in [0.25, 0.3) is 0 Å². The van der Waals surface area contributed by atoms with Crippen LogP contribution in [-0.4, -0.2) is 25.8 Å². The molecule has 0 atom stereocenters. The lowest BCUT2D eigenvalue weighted by atomic mass is 10.2. The molecule has 0 saturated heterocycles. The molecule has 2 N–H and O–H groups in total. The van der Waals surface area contributed by atoms with Gasteiger partial charge in [-0.05, 0) is 12.0 Å². The van der Waals surface area contributed by atoms with Crippen molar-refractivity contribution in [1.29, 1.82) is 0 Å². The zero-order valence-electron chi connectivity index (χ0n) is 12.1. The van der Waals surface area contributed by atoms with Crippen molar-refractivity contribution in [1.82, 2.24) is 10.6 Å². The molecule has 1 aromatic carbocycles. The number of hydrogen-bond acceptors (Lipinski definition) is 4. The van der Waals surface area contributed by atoms with E-state index < -0.39 is 0 Å². The summed E-state index contributed by atoms with van der Waals surface area (Å²) in [7, 11) is 0. The zero-order valence-corrected chi connectivity index (χ0v) is 12.1. The van der Waals surface area contributed by atoms with Crippen molar-refractivity contribution >= 4 is 5.91 Å². The van der Waals surface area contributed by atoms with Crippen LogP contribution in [0.1, 0.15) is 25.8 Å². The number of carbonyl (C=O) groups excluding carboxylic acids is 1. The van der Waals surface area contributed by atoms with E-state index in [4.69, 9.17) is 9.47 Å². The molecular formula is C15H22N2O3. The third-order valence-corrected chi connectivity index (χ3v) is 3.03. The number of hydrogen-bond donors (Lipinski definition) is 2. The fraction of sp³-hybridized carbons (Fsp3) is 0.533. The van der Waals surface area contributed by atoms with Crippen LogP contribution in [0.2, 0.25) is 0 Å². The third kappa shape index (κ3) is 4.13. The first kappa shape index (κ1) is 14.7. The predicted octanol–water partition coefficient (Wildman–Crippen LogP) is 1.67. The van der Waals surface area contributed by atoms with Gasteiger partial charge in [0.05, 0.1) is 0 Å². The fourth-order valence-corrected chi connectivity index (χ4v) is 1.96. The van der Waals surface area contributed by atoms with Gasteiger partial charge in [-0.25, -0.2) is 0 Å². The van der Waals surface area contributed by atoms with Crippen molar-refractivity contribution in [2.24, 2.45) is 5.92 Å². The number of benzene rings is 1. The summed E-state index contributed by atoms with van der Waals surface area (Å²) < 4.78 is 10.8. The highest BCUT2D eigenvalue weighted by atomic mass is 16.7. The number of nitrogens with one attached hydrogen (secondary N) is 2. The third-order valence-electron chi connectivity index (χ3n) is 3.03. The molecule has 1 aliphatic rings. The summed E-state index contributed by atoms with van der Waals surface area (Å²) in [5.41, 5.74) is 1.06. The normalized spacial score (nSPS) is 12.8. The molecule has 1 heterocycles. The maximum Gasteiger partial charge on any atom is 0.231 e. The molecule has 0 bridgehead atoms. The molecule has 1 aliphatic heterocycles. The monoisotopic (exact) mass is 278 g/mol. The second-order valence-electron chi connectivity index (χ2n) is 5.28. The molecule has 110 valence electrons. The van der Waals surface area contributed by atoms with Crippen LogP contribution in [0, 0.1) is 5.92 Å². The van der Waals surface area contributed by atoms with Crippen LogP contribution < -0.4 is 20.1 Å². The lowest BCUT2D eigenvalue weighted by molar-refractivity contribution is -0.121. The van der Waals surface area contributed by atoms with Crippen molar-refractivity contribution < 1.29 is 14.3 Å². The molecule has 5 nitrogen and oxygen atoms in total. The molecule has 5 heteroatoms. The van der Waals surface area contributed by atoms with Gasteiger partial charge in [0.15, 0.2) is 11.5 Å². The van der Waals surface area contributed by atoms with Gasteiger partial charge in [-0.15, -0.1) is 0 Å². The zero-order chi connectivity index (χ0) is 14.4. The molecule has 1 aromatic rings. The van der Waals surface area contributed by atoms with E-state index in [1.165, 1.54) is 0 Å². The summed E-state index contributed by atoms with van der Waals surface area (Å²) in [6.07, 6.45) is 0.485. The quantitative estimate of drug-likeness (QED) is 0.745. The van der Waals surface area contributed by atoms with Gasteiger partial charge in [0.1, 0.15) is 0 Å². The first-order chi connectivity index (χ1) is 9.66. The van der Waals surface area contributed by atoms with Gasteiger partial charge in [-0.1, -0.05) is 26.0 Å². The highest BCUT2D eigenvalue weighted by Gasteiger charge is 2.16. The smallest absolute Gasteiger partial charge is 0.231 e. The van der Waals surface area contributed by atoms with Crippen LogP contribution in [0.15, 0.2) is 18.2 Å². The highest BCUT2D eigenvalue weighted by Crippen LogP contribution is 2.35. The molecule has 0 aromatic heterocycles. The topological polar surface area (TPSA) is 59.6 Å². The molecule has 0 saturated carbocycles. The van der Waals surface area contributed by atoms with E-state index >= 15 is 0 Å². The average Bonchev–Trinajstić information content (AvgIpc) is 2.90. The van der Waals surface area contributed by atoms with E-state index in [2.05, 4.69) is 24.5 Å². The van der Waals surface area contributed by atoms with E-state index in [1.807, 2.05) is 18.2 Å². The van der Waals surface area contributed by atoms with Crippen molar-refractivity contribution in [3.05, 3.63) is 23.8 Å². The Kier molecular flexibility index (Phi) is 5.24. The van der Waals surface area contributed by atoms with Gasteiger partial charge in [0, 0.05) is 31.6 Å². The Balaban J connectivity index is 1.69. The Hall–Kier alpha value is -1.75. The summed E-state index contributed by atoms with van der Waals surface area (Å²) in [6.45, 7) is 6.49. The van der Waals surface area contributed by atoms with Crippen LogP contribution in [0.4, 0.5) is 0 Å². The predicted molar refractivity (Wildman–Crippen MR) is 76.7 cm³/mol. The molecule has 0 radical (unpaired) electrons. The van der Waals surface area contributed by atoms with Crippen molar-refractivity contribution in [2.75, 3.05) is 19.9 Å². The van der Waals surface area contributed by atoms with Crippen molar-refractivity contribution in [3.8, 4) is 11.5 Å². The summed E-state index contributed by atoms with van der Waals surface area (Å²) in [4.78, 5) is 11.6. The van der Waals surface area contributed by atoms with Gasteiger partial charge in [-0.3, -0.25) is 4.79 Å². The van der Waals surface area contributed by atoms with Crippen molar-refractivity contribution in [2.45, 2.75) is 26.8 Å². The summed E-state index contributed by atoms with van der Waals surface area (Å²) in [6, 6.07) is 5.84. The second kappa shape index (κ2) is 7.14. The van der Waals surface area contributed by atoms with Gasteiger partial charge in [0.25, 0.3) is 0 Å². The largest absolute Gasteiger partial charge is 0.454 e. The number of para-hydroxylation sites is 1. The van der Waals surface area contributed by atoms with Crippen molar-refractivity contribution in [3.63, 3.8) is 0 Å². The van der Waals surface area contributed by atoms with Gasteiger partial charge < -0.3 is 20.1 Å². The highest BCUT2D eigenvalue weighted by molar-refractivity contribution is 5.76. The van der Waals surface area contributed by atoms with E-state index in [9.17, 15) is 4.79 Å². The standard InChI is InChI=1S/C15H22N2O3/c1-11(2)8-17-14(18)6-7-16-9-12-4-3-5-13-15(12)20-10-19-13/h3-5,11,16H,6-10H2,1-2H3,(H,17,18). The minimum absolute atomic E-state index is 0.0871. The second-order valence-corrected chi connectivity index (χ2v) is 5.28. The molecule has 1 amide bonds. The summed E-state index contributed by atoms with van der Waals surface area (Å²) in [5.74, 6) is 2.17. The SMILES string of the molecule is CC(C)CNC(=O)CCNCc1cccc2c1OCO2. The summed E-state index contributed by atoms with van der Waals surface area (Å²) in [5, 5.41) is 6.15. The number of ether oxygens (including phenoxy) is 2. The molecule has 0 spiro atoms. The van der Waals surface area contributed by atoms with Crippen LogP contribution in [0.5, 0.6) is 11.5 Å². The van der Waals surface area contributed by atoms with Gasteiger partial charge in [0.2, 0.25) is 12.7 Å². The van der Waals surface area contributed by atoms with Gasteiger partial charge >= 0.3 is 0 Å². The Labute approximate surface area is 119 Å². The van der Waals surface area contributed by atoms with Gasteiger partial charge in [-0.2, -0.15) is 0 Å². The maximum absolute atomic E-state index is 11.6. The molecule has 20 heavy (non-hydrogen) atoms. The number of rotatable bonds is 7. The Morgan fingerprint density at radius 1 is 1.35 bits per heavy atom. The number of fused-ring (bicyclic) bond motifs is 1. The Bertz CT molecular complexity index is 460. The number of carbonyl (C=O) groups is 1. The van der Waals surface area contributed by atoms with E-state index in [0.717, 1.165) is 23.6 Å². The number of amides is 1. The summed E-state index contributed by atoms with van der Waals surface area (Å²) >= 11 is 0. The molecular weight excluding hydrogens is 256 g/mol. The minimum atomic E-state index is 0.0871. The fourth-order valence-electron chi connectivity index (χ4n) is 1.96. The van der Waals surface area contributed by atoms with E-state index in [1.54, 1.807) is 0 Å². The van der Waals surface area contributed by atoms with Crippen LogP contribution in [-0.2, 0) is 11.3 Å². The van der Waals surface area contributed by atoms with Crippen LogP contribution >= 0.6 is 0 Å². The Morgan fingerprint density at radius 3 is 3.00 bits per heavy atom. The van der Waals surface area contributed by atoms with E-state index in [0.29, 0.717) is 25.4 Å². The molecule has 2 rings (SSSR count). The minimum Gasteiger partial charge on any atom is -0.454 e. The Morgan fingerprint density at radius 2 is 2.20 bits per heavy atom. The molecule has 0 fully saturated rings. The molecule has 0 aliphatic carbocycles. The maximum atomic E-state index is 11.6. The van der Waals surface area contributed by atoms with E-state index in [-0.39, 0.29) is 12.7 Å². The lowest BCUT2D eigenvalue weighted by Crippen LogP contribution is -2.30. The first-order valence-corrected chi connectivity index (χ1v) is 7.01. The van der Waals surface area contributed by atoms with Crippen LogP contribution in [0.3, 0.4) is 0 Å². The lowest BCUT2D eigenvalue weighted by Gasteiger charge is -2.09. The molecule has 0 unspecified atom stereocenters.